The molecule has 0 saturated carbocycles. The predicted molar refractivity (Wildman–Crippen MR) is 104 cm³/mol. The van der Waals surface area contributed by atoms with Gasteiger partial charge in [0.25, 0.3) is 0 Å². The number of rotatable bonds is 7. The quantitative estimate of drug-likeness (QED) is 0.622. The highest BCUT2D eigenvalue weighted by molar-refractivity contribution is 5.75. The maximum atomic E-state index is 12.3. The number of benzene rings is 1. The van der Waals surface area contributed by atoms with Crippen molar-refractivity contribution in [2.75, 3.05) is 11.9 Å². The van der Waals surface area contributed by atoms with Crippen molar-refractivity contribution in [3.05, 3.63) is 60.1 Å². The summed E-state index contributed by atoms with van der Waals surface area (Å²) in [6.07, 6.45) is 1.61. The van der Waals surface area contributed by atoms with Gasteiger partial charge in [-0.25, -0.2) is 0 Å². The molecule has 2 heterocycles. The summed E-state index contributed by atoms with van der Waals surface area (Å²) in [5, 5.41) is 4.32. The average Bonchev–Trinajstić information content (AvgIpc) is 3.31. The topological polar surface area (TPSA) is 62.7 Å². The van der Waals surface area contributed by atoms with Gasteiger partial charge >= 0.3 is 0 Å². The van der Waals surface area contributed by atoms with Gasteiger partial charge in [0, 0.05) is 25.6 Å². The maximum absolute atomic E-state index is 12.3. The van der Waals surface area contributed by atoms with Crippen molar-refractivity contribution >= 4 is 11.8 Å². The molecule has 1 amide bonds. The molecule has 2 aromatic heterocycles. The van der Waals surface area contributed by atoms with Crippen LogP contribution in [0, 0.1) is 0 Å². The van der Waals surface area contributed by atoms with Crippen LogP contribution >= 0.6 is 0 Å². The first-order valence-corrected chi connectivity index (χ1v) is 9.02. The summed E-state index contributed by atoms with van der Waals surface area (Å²) in [5.74, 6) is 1.38. The van der Waals surface area contributed by atoms with Crippen molar-refractivity contribution in [1.29, 1.82) is 0 Å². The number of furan rings is 1. The Labute approximate surface area is 159 Å². The Hall–Kier alpha value is -3.02. The number of amides is 1. The number of aromatic nitrogens is 1. The summed E-state index contributed by atoms with van der Waals surface area (Å²) in [6.45, 7) is 6.51. The molecule has 0 aliphatic rings. The monoisotopic (exact) mass is 367 g/mol. The van der Waals surface area contributed by atoms with Crippen LogP contribution in [0.1, 0.15) is 32.1 Å². The van der Waals surface area contributed by atoms with Crippen LogP contribution in [-0.2, 0) is 17.9 Å². The van der Waals surface area contributed by atoms with Gasteiger partial charge < -0.3 is 18.7 Å². The highest BCUT2D eigenvalue weighted by atomic mass is 16.5. The minimum Gasteiger partial charge on any atom is -0.467 e. The van der Waals surface area contributed by atoms with Gasteiger partial charge in [-0.2, -0.15) is 0 Å². The SMILES string of the molecule is CC(=O)N(Cc1ccco1)Cc1c(-c2ccccc2)noc1N(C)C(C)C. The van der Waals surface area contributed by atoms with E-state index in [-0.39, 0.29) is 11.9 Å². The minimum absolute atomic E-state index is 0.0373. The van der Waals surface area contributed by atoms with Gasteiger partial charge in [-0.1, -0.05) is 35.5 Å². The molecule has 0 unspecified atom stereocenters. The molecule has 3 rings (SSSR count). The number of hydrogen-bond donors (Lipinski definition) is 0. The molecule has 0 saturated heterocycles. The Kier molecular flexibility index (Phi) is 5.64. The number of carbonyl (C=O) groups is 1. The van der Waals surface area contributed by atoms with Gasteiger partial charge in [0.1, 0.15) is 11.5 Å². The second kappa shape index (κ2) is 8.12. The van der Waals surface area contributed by atoms with Gasteiger partial charge in [0.05, 0.1) is 24.9 Å². The third-order valence-corrected chi connectivity index (χ3v) is 4.63. The zero-order valence-electron chi connectivity index (χ0n) is 16.2. The summed E-state index contributed by atoms with van der Waals surface area (Å²) in [6, 6.07) is 13.8. The van der Waals surface area contributed by atoms with E-state index >= 15 is 0 Å². The molecular weight excluding hydrogens is 342 g/mol. The lowest BCUT2D eigenvalue weighted by Crippen LogP contribution is -2.30. The van der Waals surface area contributed by atoms with Crippen molar-refractivity contribution < 1.29 is 13.7 Å². The van der Waals surface area contributed by atoms with Crippen LogP contribution < -0.4 is 4.90 Å². The van der Waals surface area contributed by atoms with Crippen LogP contribution in [0.3, 0.4) is 0 Å². The number of nitrogens with zero attached hydrogens (tertiary/aromatic N) is 3. The van der Waals surface area contributed by atoms with Crippen molar-refractivity contribution in [3.63, 3.8) is 0 Å². The van der Waals surface area contributed by atoms with Crippen LogP contribution in [0.25, 0.3) is 11.3 Å². The summed E-state index contributed by atoms with van der Waals surface area (Å²) in [4.78, 5) is 16.0. The number of anilines is 1. The molecule has 6 heteroatoms. The van der Waals surface area contributed by atoms with E-state index in [9.17, 15) is 4.79 Å². The van der Waals surface area contributed by atoms with Gasteiger partial charge in [-0.3, -0.25) is 4.79 Å². The first-order valence-electron chi connectivity index (χ1n) is 9.02. The van der Waals surface area contributed by atoms with Crippen molar-refractivity contribution in [1.82, 2.24) is 10.1 Å². The molecule has 3 aromatic rings. The fourth-order valence-electron chi connectivity index (χ4n) is 2.84. The molecule has 0 aliphatic carbocycles. The van der Waals surface area contributed by atoms with Crippen LogP contribution in [0.4, 0.5) is 5.88 Å². The van der Waals surface area contributed by atoms with E-state index in [2.05, 4.69) is 19.0 Å². The van der Waals surface area contributed by atoms with E-state index in [4.69, 9.17) is 8.94 Å². The third-order valence-electron chi connectivity index (χ3n) is 4.63. The summed E-state index contributed by atoms with van der Waals surface area (Å²) < 4.78 is 11.1. The predicted octanol–water partition coefficient (Wildman–Crippen LogP) is 4.33. The van der Waals surface area contributed by atoms with Gasteiger partial charge in [-0.15, -0.1) is 0 Å². The maximum Gasteiger partial charge on any atom is 0.232 e. The molecule has 1 aromatic carbocycles. The highest BCUT2D eigenvalue weighted by Crippen LogP contribution is 2.33. The average molecular weight is 367 g/mol. The van der Waals surface area contributed by atoms with Crippen molar-refractivity contribution in [2.24, 2.45) is 0 Å². The smallest absolute Gasteiger partial charge is 0.232 e. The van der Waals surface area contributed by atoms with E-state index in [1.54, 1.807) is 18.1 Å². The first-order chi connectivity index (χ1) is 13.0. The van der Waals surface area contributed by atoms with Gasteiger partial charge in [0.15, 0.2) is 0 Å². The highest BCUT2D eigenvalue weighted by Gasteiger charge is 2.25. The van der Waals surface area contributed by atoms with Gasteiger partial charge in [-0.05, 0) is 26.0 Å². The fraction of sp³-hybridized carbons (Fsp3) is 0.333. The van der Waals surface area contributed by atoms with Crippen molar-refractivity contribution in [2.45, 2.75) is 39.9 Å². The van der Waals surface area contributed by atoms with Crippen LogP contribution in [0.2, 0.25) is 0 Å². The van der Waals surface area contributed by atoms with E-state index in [1.165, 1.54) is 0 Å². The Balaban J connectivity index is 1.99. The summed E-state index contributed by atoms with van der Waals surface area (Å²) >= 11 is 0. The molecule has 0 bridgehead atoms. The first kappa shape index (κ1) is 18.8. The molecule has 142 valence electrons. The Morgan fingerprint density at radius 1 is 1.11 bits per heavy atom. The lowest BCUT2D eigenvalue weighted by atomic mass is 10.1. The Morgan fingerprint density at radius 2 is 1.85 bits per heavy atom. The fourth-order valence-corrected chi connectivity index (χ4v) is 2.84. The van der Waals surface area contributed by atoms with E-state index in [0.29, 0.717) is 19.0 Å². The van der Waals surface area contributed by atoms with E-state index in [0.717, 1.165) is 22.6 Å². The Morgan fingerprint density at radius 3 is 2.44 bits per heavy atom. The molecule has 0 atom stereocenters. The van der Waals surface area contributed by atoms with Crippen molar-refractivity contribution in [3.8, 4) is 11.3 Å². The van der Waals surface area contributed by atoms with Gasteiger partial charge in [0.2, 0.25) is 11.8 Å². The molecule has 0 aliphatic heterocycles. The molecule has 0 N–H and O–H groups in total. The van der Waals surface area contributed by atoms with Crippen LogP contribution in [-0.4, -0.2) is 29.1 Å². The Bertz CT molecular complexity index is 869. The summed E-state index contributed by atoms with van der Waals surface area (Å²) in [5.41, 5.74) is 2.60. The molecule has 0 spiro atoms. The van der Waals surface area contributed by atoms with E-state index < -0.39 is 0 Å². The normalized spacial score (nSPS) is 11.0. The lowest BCUT2D eigenvalue weighted by Gasteiger charge is -2.24. The third kappa shape index (κ3) is 4.22. The summed E-state index contributed by atoms with van der Waals surface area (Å²) in [7, 11) is 1.97. The molecule has 0 fully saturated rings. The molecule has 0 radical (unpaired) electrons. The van der Waals surface area contributed by atoms with E-state index in [1.807, 2.05) is 54.4 Å². The standard InChI is InChI=1S/C21H25N3O3/c1-15(2)23(4)21-19(20(22-27-21)17-9-6-5-7-10-17)14-24(16(3)25)13-18-11-8-12-26-18/h5-12,15H,13-14H2,1-4H3. The largest absolute Gasteiger partial charge is 0.467 e. The van der Waals surface area contributed by atoms with Crippen LogP contribution in [0.5, 0.6) is 0 Å². The lowest BCUT2D eigenvalue weighted by molar-refractivity contribution is -0.130. The van der Waals surface area contributed by atoms with Crippen LogP contribution in [0.15, 0.2) is 57.7 Å². The second-order valence-corrected chi connectivity index (χ2v) is 6.84. The zero-order chi connectivity index (χ0) is 19.4. The molecule has 27 heavy (non-hydrogen) atoms. The molecular formula is C21H25N3O3. The number of hydrogen-bond acceptors (Lipinski definition) is 5. The molecule has 6 nitrogen and oxygen atoms in total. The minimum atomic E-state index is -0.0373. The second-order valence-electron chi connectivity index (χ2n) is 6.84. The number of carbonyl (C=O) groups excluding carboxylic acids is 1. The zero-order valence-corrected chi connectivity index (χ0v) is 16.2.